The van der Waals surface area contributed by atoms with E-state index < -0.39 is 69.7 Å². The van der Waals surface area contributed by atoms with Crippen LogP contribution in [0.2, 0.25) is 19.6 Å². The molecule has 0 aliphatic carbocycles. The molecule has 2 amide bonds. The monoisotopic (exact) mass is 678 g/mol. The van der Waals surface area contributed by atoms with Gasteiger partial charge >= 0.3 is 11.9 Å². The number of hydrogen-bond donors (Lipinski definition) is 1. The second-order valence-corrected chi connectivity index (χ2v) is 21.6. The van der Waals surface area contributed by atoms with Crippen LogP contribution in [0.1, 0.15) is 61.8 Å². The first-order valence-corrected chi connectivity index (χ1v) is 21.3. The molecule has 2 heterocycles. The molecule has 44 heavy (non-hydrogen) atoms. The fourth-order valence-corrected chi connectivity index (χ4v) is 10.3. The maximum atomic E-state index is 14.1. The van der Waals surface area contributed by atoms with Crippen molar-refractivity contribution in [3.63, 3.8) is 0 Å². The Hall–Kier alpha value is -1.70. The van der Waals surface area contributed by atoms with Gasteiger partial charge in [-0.3, -0.25) is 24.1 Å². The van der Waals surface area contributed by atoms with Crippen LogP contribution in [0.3, 0.4) is 0 Å². The van der Waals surface area contributed by atoms with Gasteiger partial charge in [0.25, 0.3) is 0 Å². The van der Waals surface area contributed by atoms with Crippen LogP contribution in [0.25, 0.3) is 0 Å². The average Bonchev–Trinajstić information content (AvgIpc) is 3.31. The van der Waals surface area contributed by atoms with Crippen molar-refractivity contribution in [1.29, 1.82) is 0 Å². The van der Waals surface area contributed by atoms with Crippen molar-refractivity contribution < 1.29 is 46.9 Å². The minimum Gasteiger partial charge on any atom is -0.427 e. The normalized spacial score (nSPS) is 22.2. The quantitative estimate of drug-likeness (QED) is 0.0882. The average molecular weight is 679 g/mol. The number of likely N-dealkylation sites (tertiary alicyclic amines) is 1. The third kappa shape index (κ3) is 9.42. The summed E-state index contributed by atoms with van der Waals surface area (Å²) in [5.74, 6) is -3.47. The summed E-state index contributed by atoms with van der Waals surface area (Å²) >= 11 is 1.07. The highest BCUT2D eigenvalue weighted by Crippen LogP contribution is 2.54. The molecule has 0 aromatic rings. The summed E-state index contributed by atoms with van der Waals surface area (Å²) in [5, 5.41) is 2.31. The third-order valence-corrected chi connectivity index (χ3v) is 12.7. The number of nitrogens with zero attached hydrogens (tertiary/aromatic N) is 1. The molecule has 2 rings (SSSR count). The number of β-lactam (4-membered cyclic amide) rings is 1. The van der Waals surface area contributed by atoms with Crippen LogP contribution in [-0.2, 0) is 46.9 Å². The van der Waals surface area contributed by atoms with Gasteiger partial charge < -0.3 is 28.3 Å². The third-order valence-electron chi connectivity index (χ3n) is 7.16. The fraction of sp³-hybridized carbons (Fsp3) is 0.793. The molecule has 0 spiro atoms. The van der Waals surface area contributed by atoms with Gasteiger partial charge in [0.15, 0.2) is 26.2 Å². The standard InChI is InChI=1S/C29H51N2O10PSSi/c1-12-39-42(14-3,40-13-2)25(26(34)37-17-38-28(36)29(6,7)8)31-23(22(24(31)33)19(5)41-44(9,10)11)18(4)27(35)43-20-15-21(32)30-16-20/h18-20,22-23H,12-17H2,1-11H3,(H,30,32)/t18-,19-,20-,22-,23-/m1/s1. The van der Waals surface area contributed by atoms with E-state index in [1.165, 1.54) is 4.90 Å². The SMILES string of the molecule is CCOP(CC)(OCC)=C(C(=O)OCOC(=O)C(C)(C)C)N1C(=O)[C@H]([C@@H](C)O[Si](C)(C)C)[C@H]1[C@@H](C)C(=O)S[C@H]1CNC(=O)C1. The topological polar surface area (TPSA) is 147 Å². The van der Waals surface area contributed by atoms with E-state index in [4.69, 9.17) is 22.9 Å². The van der Waals surface area contributed by atoms with Gasteiger partial charge in [-0.2, -0.15) is 0 Å². The molecule has 0 saturated carbocycles. The van der Waals surface area contributed by atoms with E-state index in [0.29, 0.717) is 6.54 Å². The first-order valence-electron chi connectivity index (χ1n) is 15.2. The molecule has 0 aromatic heterocycles. The molecule has 5 atom stereocenters. The Labute approximate surface area is 267 Å². The minimum atomic E-state index is -3.24. The smallest absolute Gasteiger partial charge is 0.362 e. The highest BCUT2D eigenvalue weighted by atomic mass is 32.2. The van der Waals surface area contributed by atoms with Gasteiger partial charge in [0.2, 0.25) is 18.6 Å². The number of rotatable bonds is 15. The summed E-state index contributed by atoms with van der Waals surface area (Å²) in [4.78, 5) is 67.1. The van der Waals surface area contributed by atoms with Crippen molar-refractivity contribution in [2.24, 2.45) is 17.3 Å². The van der Waals surface area contributed by atoms with Gasteiger partial charge in [0, 0.05) is 30.3 Å². The molecule has 252 valence electrons. The van der Waals surface area contributed by atoms with E-state index in [1.807, 2.05) is 26.6 Å². The molecule has 2 saturated heterocycles. The Morgan fingerprint density at radius 1 is 1.05 bits per heavy atom. The van der Waals surface area contributed by atoms with Crippen LogP contribution < -0.4 is 5.32 Å². The number of hydrogen-bond acceptors (Lipinski definition) is 11. The van der Waals surface area contributed by atoms with Crippen molar-refractivity contribution in [3.05, 3.63) is 0 Å². The molecule has 0 aromatic carbocycles. The van der Waals surface area contributed by atoms with E-state index in [-0.39, 0.29) is 47.5 Å². The number of thioether (sulfide) groups is 1. The summed E-state index contributed by atoms with van der Waals surface area (Å²) in [6.07, 6.45) is -0.0647. The second-order valence-electron chi connectivity index (χ2n) is 12.9. The van der Waals surface area contributed by atoms with Crippen molar-refractivity contribution in [1.82, 2.24) is 10.2 Å². The van der Waals surface area contributed by atoms with Crippen molar-refractivity contribution >= 4 is 61.7 Å². The lowest BCUT2D eigenvalue weighted by atomic mass is 9.77. The van der Waals surface area contributed by atoms with Crippen molar-refractivity contribution in [2.75, 3.05) is 32.7 Å². The highest BCUT2D eigenvalue weighted by molar-refractivity contribution is 8.14. The van der Waals surface area contributed by atoms with Crippen molar-refractivity contribution in [2.45, 2.75) is 98.8 Å². The molecule has 15 heteroatoms. The van der Waals surface area contributed by atoms with Gasteiger partial charge in [0.05, 0.1) is 36.7 Å². The number of amides is 2. The maximum Gasteiger partial charge on any atom is 0.362 e. The molecule has 2 fully saturated rings. The van der Waals surface area contributed by atoms with E-state index in [0.717, 1.165) is 11.8 Å². The predicted molar refractivity (Wildman–Crippen MR) is 173 cm³/mol. The van der Waals surface area contributed by atoms with Crippen LogP contribution in [0.5, 0.6) is 0 Å². The van der Waals surface area contributed by atoms with Crippen LogP contribution in [0.4, 0.5) is 0 Å². The zero-order valence-corrected chi connectivity index (χ0v) is 30.7. The Bertz CT molecular complexity index is 1140. The zero-order chi connectivity index (χ0) is 33.6. The lowest BCUT2D eigenvalue weighted by molar-refractivity contribution is -0.172. The molecule has 1 N–H and O–H groups in total. The van der Waals surface area contributed by atoms with Gasteiger partial charge in [-0.05, 0) is 61.2 Å². The largest absolute Gasteiger partial charge is 0.427 e. The Balaban J connectivity index is 2.62. The first kappa shape index (κ1) is 38.5. The number of nitrogens with one attached hydrogen (secondary N) is 1. The number of carbonyl (C=O) groups excluding carboxylic acids is 5. The van der Waals surface area contributed by atoms with E-state index in [9.17, 15) is 24.0 Å². The lowest BCUT2D eigenvalue weighted by Gasteiger charge is -2.53. The summed E-state index contributed by atoms with van der Waals surface area (Å²) in [6.45, 7) is 20.0. The second kappa shape index (κ2) is 15.7. The molecular weight excluding hydrogens is 627 g/mol. The first-order chi connectivity index (χ1) is 20.3. The molecule has 2 aliphatic heterocycles. The van der Waals surface area contributed by atoms with Crippen LogP contribution in [0, 0.1) is 17.3 Å². The summed E-state index contributed by atoms with van der Waals surface area (Å²) < 4.78 is 29.3. The minimum absolute atomic E-state index is 0.107. The van der Waals surface area contributed by atoms with Gasteiger partial charge in [-0.15, -0.1) is 0 Å². The summed E-state index contributed by atoms with van der Waals surface area (Å²) in [5.41, 5.74) is -0.926. The molecule has 0 radical (unpaired) electrons. The van der Waals surface area contributed by atoms with Crippen LogP contribution >= 0.6 is 19.1 Å². The van der Waals surface area contributed by atoms with E-state index >= 15 is 0 Å². The molecule has 0 unspecified atom stereocenters. The molecular formula is C29H51N2O10PSSi. The molecule has 2 aliphatic rings. The molecule has 0 bridgehead atoms. The van der Waals surface area contributed by atoms with Gasteiger partial charge in [-0.25, -0.2) is 4.79 Å². The van der Waals surface area contributed by atoms with Crippen LogP contribution in [-0.4, -0.2) is 97.6 Å². The highest BCUT2D eigenvalue weighted by Gasteiger charge is 2.59. The zero-order valence-electron chi connectivity index (χ0n) is 28.0. The Morgan fingerprint density at radius 2 is 1.64 bits per heavy atom. The fourth-order valence-electron chi connectivity index (χ4n) is 5.22. The maximum absolute atomic E-state index is 14.1. The lowest BCUT2D eigenvalue weighted by Crippen LogP contribution is -2.71. The van der Waals surface area contributed by atoms with E-state index in [2.05, 4.69) is 5.32 Å². The Kier molecular flexibility index (Phi) is 13.8. The summed E-state index contributed by atoms with van der Waals surface area (Å²) in [7, 11) is -5.34. The van der Waals surface area contributed by atoms with Gasteiger partial charge in [0.1, 0.15) is 0 Å². The predicted octanol–water partition coefficient (Wildman–Crippen LogP) is 4.00. The Morgan fingerprint density at radius 3 is 2.09 bits per heavy atom. The van der Waals surface area contributed by atoms with Crippen molar-refractivity contribution in [3.8, 4) is 0 Å². The number of esters is 2. The number of carbonyl (C=O) groups is 5. The number of ether oxygens (including phenoxy) is 2. The summed E-state index contributed by atoms with van der Waals surface area (Å²) in [6, 6.07) is -0.773. The van der Waals surface area contributed by atoms with Crippen LogP contribution in [0.15, 0.2) is 0 Å². The van der Waals surface area contributed by atoms with E-state index in [1.54, 1.807) is 48.5 Å². The van der Waals surface area contributed by atoms with Gasteiger partial charge in [-0.1, -0.05) is 25.6 Å². The molecule has 12 nitrogen and oxygen atoms in total.